The molecule has 1 amide bonds. The third-order valence-electron chi connectivity index (χ3n) is 4.18. The number of carbonyl (C=O) groups excluding carboxylic acids is 1. The molecule has 0 aliphatic rings. The van der Waals surface area contributed by atoms with E-state index in [4.69, 9.17) is 4.74 Å². The first-order valence-corrected chi connectivity index (χ1v) is 10.2. The van der Waals surface area contributed by atoms with Crippen molar-refractivity contribution in [3.05, 3.63) is 103 Å². The van der Waals surface area contributed by atoms with E-state index in [9.17, 15) is 20.2 Å². The van der Waals surface area contributed by atoms with Crippen LogP contribution in [0.1, 0.15) is 11.1 Å². The normalized spacial score (nSPS) is 10.8. The highest BCUT2D eigenvalue weighted by Crippen LogP contribution is 2.25. The van der Waals surface area contributed by atoms with E-state index in [1.165, 1.54) is 30.3 Å². The van der Waals surface area contributed by atoms with Gasteiger partial charge in [-0.2, -0.15) is 5.26 Å². The quantitative estimate of drug-likeness (QED) is 0.148. The Hall–Kier alpha value is -3.71. The van der Waals surface area contributed by atoms with Gasteiger partial charge in [-0.05, 0) is 58.0 Å². The Balaban J connectivity index is 1.72. The Kier molecular flexibility index (Phi) is 7.35. The van der Waals surface area contributed by atoms with Gasteiger partial charge in [-0.15, -0.1) is 0 Å². The number of hydrogen-bond acceptors (Lipinski definition) is 5. The molecule has 0 radical (unpaired) electrons. The van der Waals surface area contributed by atoms with E-state index in [1.54, 1.807) is 18.2 Å². The molecule has 0 spiro atoms. The summed E-state index contributed by atoms with van der Waals surface area (Å²) in [5.74, 6) is 0.0450. The smallest absolute Gasteiger partial charge is 0.271 e. The van der Waals surface area contributed by atoms with Gasteiger partial charge in [-0.25, -0.2) is 0 Å². The molecule has 0 fully saturated rings. The average Bonchev–Trinajstić information content (AvgIpc) is 2.77. The van der Waals surface area contributed by atoms with E-state index in [0.29, 0.717) is 17.9 Å². The molecule has 3 aromatic rings. The van der Waals surface area contributed by atoms with Gasteiger partial charge >= 0.3 is 0 Å². The summed E-state index contributed by atoms with van der Waals surface area (Å²) in [5.41, 5.74) is 1.66. The Morgan fingerprint density at radius 1 is 1.13 bits per heavy atom. The number of nitrogens with zero attached hydrogens (tertiary/aromatic N) is 2. The highest BCUT2D eigenvalue weighted by atomic mass is 127. The van der Waals surface area contributed by atoms with Crippen molar-refractivity contribution in [1.29, 1.82) is 5.26 Å². The molecule has 8 heteroatoms. The van der Waals surface area contributed by atoms with Gasteiger partial charge in [-0.3, -0.25) is 14.9 Å². The van der Waals surface area contributed by atoms with Gasteiger partial charge in [0, 0.05) is 17.8 Å². The minimum Gasteiger partial charge on any atom is -0.488 e. The Labute approximate surface area is 192 Å². The molecule has 3 aromatic carbocycles. The lowest BCUT2D eigenvalue weighted by atomic mass is 10.1. The molecule has 0 aromatic heterocycles. The summed E-state index contributed by atoms with van der Waals surface area (Å²) in [4.78, 5) is 22.8. The van der Waals surface area contributed by atoms with Crippen LogP contribution in [0, 0.1) is 25.0 Å². The zero-order valence-electron chi connectivity index (χ0n) is 16.1. The first-order valence-electron chi connectivity index (χ1n) is 9.10. The third-order valence-corrected chi connectivity index (χ3v) is 5.03. The number of hydrogen-bond donors (Lipinski definition) is 1. The Morgan fingerprint density at radius 3 is 2.58 bits per heavy atom. The van der Waals surface area contributed by atoms with Gasteiger partial charge in [0.2, 0.25) is 0 Å². The zero-order chi connectivity index (χ0) is 22.2. The summed E-state index contributed by atoms with van der Waals surface area (Å²) < 4.78 is 6.67. The number of rotatable bonds is 7. The summed E-state index contributed by atoms with van der Waals surface area (Å²) in [6.07, 6.45) is 1.45. The van der Waals surface area contributed by atoms with Crippen molar-refractivity contribution in [2.75, 3.05) is 5.32 Å². The van der Waals surface area contributed by atoms with Gasteiger partial charge in [0.25, 0.3) is 11.6 Å². The second-order valence-corrected chi connectivity index (χ2v) is 7.56. The number of nitro groups is 1. The maximum absolute atomic E-state index is 12.4. The van der Waals surface area contributed by atoms with E-state index < -0.39 is 10.8 Å². The van der Waals surface area contributed by atoms with Gasteiger partial charge < -0.3 is 10.1 Å². The molecule has 0 heterocycles. The van der Waals surface area contributed by atoms with Crippen molar-refractivity contribution in [1.82, 2.24) is 0 Å². The van der Waals surface area contributed by atoms with Crippen LogP contribution in [-0.2, 0) is 11.4 Å². The lowest BCUT2D eigenvalue weighted by Crippen LogP contribution is -2.13. The summed E-state index contributed by atoms with van der Waals surface area (Å²) in [6.45, 7) is 0.432. The molecule has 0 bridgehead atoms. The molecule has 31 heavy (non-hydrogen) atoms. The van der Waals surface area contributed by atoms with Crippen LogP contribution < -0.4 is 10.1 Å². The lowest BCUT2D eigenvalue weighted by Gasteiger charge is -2.09. The number of nitriles is 1. The number of nitro benzene ring substituents is 1. The van der Waals surface area contributed by atoms with Gasteiger partial charge in [0.15, 0.2) is 0 Å². The van der Waals surface area contributed by atoms with E-state index >= 15 is 0 Å². The summed E-state index contributed by atoms with van der Waals surface area (Å²) in [6, 6.07) is 22.5. The second kappa shape index (κ2) is 10.4. The number of carbonyl (C=O) groups is 1. The van der Waals surface area contributed by atoms with Crippen LogP contribution in [0.5, 0.6) is 5.75 Å². The SMILES string of the molecule is N#C/C(=C\c1ccc(OCc2ccccc2)c(I)c1)C(=O)Nc1cccc([N+](=O)[O-])c1. The number of halogens is 1. The van der Waals surface area contributed by atoms with E-state index in [0.717, 1.165) is 9.13 Å². The summed E-state index contributed by atoms with van der Waals surface area (Å²) >= 11 is 2.13. The van der Waals surface area contributed by atoms with Crippen LogP contribution in [0.2, 0.25) is 0 Å². The molecular formula is C23H16IN3O4. The van der Waals surface area contributed by atoms with Crippen molar-refractivity contribution in [2.24, 2.45) is 0 Å². The van der Waals surface area contributed by atoms with Crippen molar-refractivity contribution in [2.45, 2.75) is 6.61 Å². The fourth-order valence-corrected chi connectivity index (χ4v) is 3.37. The zero-order valence-corrected chi connectivity index (χ0v) is 18.3. The topological polar surface area (TPSA) is 105 Å². The molecule has 0 saturated heterocycles. The number of nitrogens with one attached hydrogen (secondary N) is 1. The third kappa shape index (κ3) is 6.13. The fraction of sp³-hybridized carbons (Fsp3) is 0.0435. The summed E-state index contributed by atoms with van der Waals surface area (Å²) in [5, 5.41) is 22.8. The predicted octanol–water partition coefficient (Wildman–Crippen LogP) is 5.32. The second-order valence-electron chi connectivity index (χ2n) is 6.40. The van der Waals surface area contributed by atoms with Crippen molar-refractivity contribution >= 4 is 45.9 Å². The molecule has 3 rings (SSSR count). The van der Waals surface area contributed by atoms with Gasteiger partial charge in [0.1, 0.15) is 24.0 Å². The molecule has 0 aliphatic heterocycles. The summed E-state index contributed by atoms with van der Waals surface area (Å²) in [7, 11) is 0. The highest BCUT2D eigenvalue weighted by molar-refractivity contribution is 14.1. The van der Waals surface area contributed by atoms with Crippen molar-refractivity contribution in [3.63, 3.8) is 0 Å². The maximum Gasteiger partial charge on any atom is 0.271 e. The molecule has 0 aliphatic carbocycles. The largest absolute Gasteiger partial charge is 0.488 e. The number of benzene rings is 3. The maximum atomic E-state index is 12.4. The van der Waals surface area contributed by atoms with Crippen molar-refractivity contribution in [3.8, 4) is 11.8 Å². The van der Waals surface area contributed by atoms with Crippen LogP contribution in [-0.4, -0.2) is 10.8 Å². The molecule has 0 saturated carbocycles. The number of anilines is 1. The number of non-ortho nitro benzene ring substituents is 1. The van der Waals surface area contributed by atoms with Crippen LogP contribution >= 0.6 is 22.6 Å². The molecule has 1 N–H and O–H groups in total. The minimum atomic E-state index is -0.651. The number of ether oxygens (including phenoxy) is 1. The minimum absolute atomic E-state index is 0.125. The average molecular weight is 525 g/mol. The predicted molar refractivity (Wildman–Crippen MR) is 125 cm³/mol. The molecule has 7 nitrogen and oxygen atoms in total. The Morgan fingerprint density at radius 2 is 1.90 bits per heavy atom. The molecule has 154 valence electrons. The molecule has 0 unspecified atom stereocenters. The highest BCUT2D eigenvalue weighted by Gasteiger charge is 2.13. The van der Waals surface area contributed by atoms with Crippen LogP contribution in [0.15, 0.2) is 78.4 Å². The van der Waals surface area contributed by atoms with Gasteiger partial charge in [-0.1, -0.05) is 42.5 Å². The van der Waals surface area contributed by atoms with E-state index in [-0.39, 0.29) is 16.9 Å². The van der Waals surface area contributed by atoms with Crippen LogP contribution in [0.4, 0.5) is 11.4 Å². The van der Waals surface area contributed by atoms with Crippen LogP contribution in [0.3, 0.4) is 0 Å². The standard InChI is InChI=1S/C23H16IN3O4/c24-21-12-17(9-10-22(21)31-15-16-5-2-1-3-6-16)11-18(14-25)23(28)26-19-7-4-8-20(13-19)27(29)30/h1-13H,15H2,(H,26,28)/b18-11+. The molecular weight excluding hydrogens is 509 g/mol. The number of amides is 1. The van der Waals surface area contributed by atoms with E-state index in [1.807, 2.05) is 36.4 Å². The first-order chi connectivity index (χ1) is 15.0. The van der Waals surface area contributed by atoms with Crippen molar-refractivity contribution < 1.29 is 14.5 Å². The van der Waals surface area contributed by atoms with E-state index in [2.05, 4.69) is 27.9 Å². The Bertz CT molecular complexity index is 1190. The monoisotopic (exact) mass is 525 g/mol. The lowest BCUT2D eigenvalue weighted by molar-refractivity contribution is -0.384. The first kappa shape index (κ1) is 22.0. The molecule has 0 atom stereocenters. The van der Waals surface area contributed by atoms with Gasteiger partial charge in [0.05, 0.1) is 8.49 Å². The fourth-order valence-electron chi connectivity index (χ4n) is 2.67. The van der Waals surface area contributed by atoms with Crippen LogP contribution in [0.25, 0.3) is 6.08 Å².